The van der Waals surface area contributed by atoms with E-state index in [-0.39, 0.29) is 5.70 Å². The number of benzene rings is 1. The summed E-state index contributed by atoms with van der Waals surface area (Å²) in [6.07, 6.45) is 1.50. The van der Waals surface area contributed by atoms with Crippen molar-refractivity contribution in [3.05, 3.63) is 47.7 Å². The molecule has 0 radical (unpaired) electrons. The number of thioether (sulfide) groups is 1. The van der Waals surface area contributed by atoms with E-state index in [9.17, 15) is 14.4 Å². The van der Waals surface area contributed by atoms with Gasteiger partial charge in [-0.15, -0.1) is 11.8 Å². The zero-order chi connectivity index (χ0) is 16.6. The monoisotopic (exact) mass is 333 g/mol. The van der Waals surface area contributed by atoms with Crippen LogP contribution in [0.1, 0.15) is 11.6 Å². The molecule has 0 aromatic heterocycles. The molecule has 0 bridgehead atoms. The Kier molecular flexibility index (Phi) is 4.10. The van der Waals surface area contributed by atoms with Gasteiger partial charge >= 0.3 is 5.97 Å². The summed E-state index contributed by atoms with van der Waals surface area (Å²) in [7, 11) is 0. The maximum atomic E-state index is 12.2. The molecule has 2 heterocycles. The van der Waals surface area contributed by atoms with Crippen molar-refractivity contribution in [1.82, 2.24) is 10.2 Å². The number of carbonyl (C=O) groups excluding carboxylic acids is 2. The standard InChI is InChI=1S/C15H15N3O4S/c16-10(8-4-2-1-3-5-8)12(19)17-11-13(20)18-9(15(21)22)6-7-23-14(11)18/h1-6,10-11,14H,7,16H2,(H,17,19)(H,21,22)/t10?,11?,14-/m0/s1. The van der Waals surface area contributed by atoms with Crippen LogP contribution in [0.2, 0.25) is 0 Å². The molecule has 0 spiro atoms. The smallest absolute Gasteiger partial charge is 0.352 e. The van der Waals surface area contributed by atoms with Crippen molar-refractivity contribution in [3.63, 3.8) is 0 Å². The molecule has 0 aliphatic carbocycles. The predicted molar refractivity (Wildman–Crippen MR) is 84.1 cm³/mol. The van der Waals surface area contributed by atoms with Crippen LogP contribution in [-0.2, 0) is 14.4 Å². The van der Waals surface area contributed by atoms with Gasteiger partial charge in [0, 0.05) is 5.75 Å². The van der Waals surface area contributed by atoms with Crippen LogP contribution in [-0.4, -0.2) is 45.0 Å². The zero-order valence-corrected chi connectivity index (χ0v) is 12.8. The van der Waals surface area contributed by atoms with Crippen molar-refractivity contribution in [2.24, 2.45) is 5.73 Å². The zero-order valence-electron chi connectivity index (χ0n) is 12.0. The van der Waals surface area contributed by atoms with Crippen molar-refractivity contribution < 1.29 is 19.5 Å². The molecule has 0 saturated carbocycles. The number of amides is 2. The second-order valence-electron chi connectivity index (χ2n) is 5.20. The SMILES string of the molecule is NC(C(=O)NC1C(=O)N2C(C(=O)O)=CCS[C@@H]12)c1ccccc1. The summed E-state index contributed by atoms with van der Waals surface area (Å²) in [6.45, 7) is 0. The number of hydrogen-bond donors (Lipinski definition) is 3. The molecule has 23 heavy (non-hydrogen) atoms. The number of nitrogens with zero attached hydrogens (tertiary/aromatic N) is 1. The fourth-order valence-corrected chi connectivity index (χ4v) is 3.79. The highest BCUT2D eigenvalue weighted by atomic mass is 32.2. The van der Waals surface area contributed by atoms with Crippen LogP contribution in [0.4, 0.5) is 0 Å². The second-order valence-corrected chi connectivity index (χ2v) is 6.35. The number of carboxylic acid groups (broad SMARTS) is 1. The summed E-state index contributed by atoms with van der Waals surface area (Å²) in [5.41, 5.74) is 6.52. The quantitative estimate of drug-likeness (QED) is 0.671. The van der Waals surface area contributed by atoms with Crippen molar-refractivity contribution >= 4 is 29.5 Å². The number of carboxylic acids is 1. The molecule has 2 aliphatic rings. The first-order chi connectivity index (χ1) is 11.0. The number of nitrogens with one attached hydrogen (secondary N) is 1. The Morgan fingerprint density at radius 3 is 2.70 bits per heavy atom. The Balaban J connectivity index is 1.68. The van der Waals surface area contributed by atoms with Gasteiger partial charge in [-0.2, -0.15) is 0 Å². The van der Waals surface area contributed by atoms with Crippen LogP contribution in [0.15, 0.2) is 42.1 Å². The van der Waals surface area contributed by atoms with Crippen molar-refractivity contribution in [2.45, 2.75) is 17.5 Å². The molecule has 7 nitrogen and oxygen atoms in total. The van der Waals surface area contributed by atoms with Crippen LogP contribution in [0.3, 0.4) is 0 Å². The third kappa shape index (κ3) is 2.71. The molecule has 2 amide bonds. The van der Waals surface area contributed by atoms with Gasteiger partial charge in [-0.1, -0.05) is 30.3 Å². The van der Waals surface area contributed by atoms with Gasteiger partial charge in [0.15, 0.2) is 0 Å². The normalized spacial score (nSPS) is 24.1. The lowest BCUT2D eigenvalue weighted by Gasteiger charge is -2.48. The molecule has 2 unspecified atom stereocenters. The second kappa shape index (κ2) is 6.05. The molecule has 120 valence electrons. The Bertz CT molecular complexity index is 691. The molecule has 4 N–H and O–H groups in total. The van der Waals surface area contributed by atoms with Gasteiger partial charge in [0.1, 0.15) is 23.2 Å². The van der Waals surface area contributed by atoms with E-state index in [1.807, 2.05) is 6.07 Å². The van der Waals surface area contributed by atoms with E-state index in [1.165, 1.54) is 22.7 Å². The van der Waals surface area contributed by atoms with E-state index >= 15 is 0 Å². The molecule has 1 saturated heterocycles. The molecule has 1 fully saturated rings. The first kappa shape index (κ1) is 15.6. The number of fused-ring (bicyclic) bond motifs is 1. The number of aliphatic carboxylic acids is 1. The van der Waals surface area contributed by atoms with Crippen LogP contribution in [0.25, 0.3) is 0 Å². The average molecular weight is 333 g/mol. The fourth-order valence-electron chi connectivity index (χ4n) is 2.59. The minimum Gasteiger partial charge on any atom is -0.477 e. The van der Waals surface area contributed by atoms with Gasteiger partial charge in [0.05, 0.1) is 0 Å². The number of carbonyl (C=O) groups is 3. The summed E-state index contributed by atoms with van der Waals surface area (Å²) in [5.74, 6) is -1.55. The summed E-state index contributed by atoms with van der Waals surface area (Å²) >= 11 is 1.41. The van der Waals surface area contributed by atoms with E-state index in [2.05, 4.69) is 5.32 Å². The molecular weight excluding hydrogens is 318 g/mol. The van der Waals surface area contributed by atoms with E-state index in [0.717, 1.165) is 0 Å². The Morgan fingerprint density at radius 1 is 1.35 bits per heavy atom. The minimum absolute atomic E-state index is 0.0309. The highest BCUT2D eigenvalue weighted by molar-refractivity contribution is 8.00. The van der Waals surface area contributed by atoms with Gasteiger partial charge in [0.25, 0.3) is 5.91 Å². The number of nitrogens with two attached hydrogens (primary N) is 1. The number of rotatable bonds is 4. The van der Waals surface area contributed by atoms with Crippen LogP contribution >= 0.6 is 11.8 Å². The predicted octanol–water partition coefficient (Wildman–Crippen LogP) is 0.0548. The largest absolute Gasteiger partial charge is 0.477 e. The Morgan fingerprint density at radius 2 is 2.04 bits per heavy atom. The lowest BCUT2D eigenvalue weighted by atomic mass is 10.0. The number of hydrogen-bond acceptors (Lipinski definition) is 5. The molecule has 1 aromatic rings. The van der Waals surface area contributed by atoms with Crippen LogP contribution < -0.4 is 11.1 Å². The molecular formula is C15H15N3O4S. The molecule has 1 aromatic carbocycles. The van der Waals surface area contributed by atoms with E-state index in [0.29, 0.717) is 11.3 Å². The third-order valence-electron chi connectivity index (χ3n) is 3.80. The third-order valence-corrected chi connectivity index (χ3v) is 4.99. The van der Waals surface area contributed by atoms with Gasteiger partial charge in [0.2, 0.25) is 5.91 Å². The Labute approximate surface area is 136 Å². The first-order valence-corrected chi connectivity index (χ1v) is 8.04. The maximum Gasteiger partial charge on any atom is 0.352 e. The average Bonchev–Trinajstić information content (AvgIpc) is 2.58. The summed E-state index contributed by atoms with van der Waals surface area (Å²) < 4.78 is 0. The highest BCUT2D eigenvalue weighted by Gasteiger charge is 2.52. The fraction of sp³-hybridized carbons (Fsp3) is 0.267. The maximum absolute atomic E-state index is 12.2. The molecule has 8 heteroatoms. The summed E-state index contributed by atoms with van der Waals surface area (Å²) in [6, 6.07) is 7.23. The number of β-lactam (4-membered cyclic amide) rings is 1. The van der Waals surface area contributed by atoms with Gasteiger partial charge in [-0.25, -0.2) is 4.79 Å². The molecule has 3 atom stereocenters. The van der Waals surface area contributed by atoms with Crippen molar-refractivity contribution in [2.75, 3.05) is 5.75 Å². The lowest BCUT2D eigenvalue weighted by Crippen LogP contribution is -2.70. The summed E-state index contributed by atoms with van der Waals surface area (Å²) in [4.78, 5) is 36.7. The lowest BCUT2D eigenvalue weighted by molar-refractivity contribution is -0.150. The first-order valence-electron chi connectivity index (χ1n) is 6.99. The molecule has 2 aliphatic heterocycles. The van der Waals surface area contributed by atoms with Gasteiger partial charge in [-0.05, 0) is 11.6 Å². The molecule has 3 rings (SSSR count). The van der Waals surface area contributed by atoms with Crippen LogP contribution in [0, 0.1) is 0 Å². The Hall–Kier alpha value is -2.32. The highest BCUT2D eigenvalue weighted by Crippen LogP contribution is 2.37. The van der Waals surface area contributed by atoms with E-state index < -0.39 is 35.2 Å². The van der Waals surface area contributed by atoms with Crippen molar-refractivity contribution in [3.8, 4) is 0 Å². The van der Waals surface area contributed by atoms with Gasteiger partial charge in [-0.3, -0.25) is 14.5 Å². The van der Waals surface area contributed by atoms with E-state index in [1.54, 1.807) is 24.3 Å². The van der Waals surface area contributed by atoms with E-state index in [4.69, 9.17) is 10.8 Å². The topological polar surface area (TPSA) is 113 Å². The minimum atomic E-state index is -1.14. The van der Waals surface area contributed by atoms with Crippen molar-refractivity contribution in [1.29, 1.82) is 0 Å². The van der Waals surface area contributed by atoms with Crippen LogP contribution in [0.5, 0.6) is 0 Å². The summed E-state index contributed by atoms with van der Waals surface area (Å²) in [5, 5.41) is 11.3. The van der Waals surface area contributed by atoms with Gasteiger partial charge < -0.3 is 16.2 Å².